The van der Waals surface area contributed by atoms with E-state index in [0.29, 0.717) is 32.0 Å². The summed E-state index contributed by atoms with van der Waals surface area (Å²) in [6.07, 6.45) is 3.30. The fourth-order valence-corrected chi connectivity index (χ4v) is 3.45. The number of hydrogen-bond acceptors (Lipinski definition) is 7. The number of anilines is 3. The molecular formula is C23H26N6O2. The van der Waals surface area contributed by atoms with Crippen LogP contribution in [0.1, 0.15) is 11.1 Å². The summed E-state index contributed by atoms with van der Waals surface area (Å²) in [6.45, 7) is 6.73. The minimum Gasteiger partial charge on any atom is -0.484 e. The van der Waals surface area contributed by atoms with Gasteiger partial charge in [0.1, 0.15) is 29.5 Å². The van der Waals surface area contributed by atoms with Crippen LogP contribution in [-0.4, -0.2) is 58.5 Å². The van der Waals surface area contributed by atoms with Crippen LogP contribution in [0.15, 0.2) is 55.0 Å². The third-order valence-electron chi connectivity index (χ3n) is 5.13. The summed E-state index contributed by atoms with van der Waals surface area (Å²) in [6, 6.07) is 13.5. The lowest BCUT2D eigenvalue weighted by molar-refractivity contribution is -0.133. The van der Waals surface area contributed by atoms with Gasteiger partial charge in [-0.2, -0.15) is 0 Å². The molecule has 8 heteroatoms. The zero-order valence-corrected chi connectivity index (χ0v) is 17.8. The maximum Gasteiger partial charge on any atom is 0.260 e. The number of ether oxygens (including phenoxy) is 1. The SMILES string of the molecule is Cc1cccc(OCC(=O)N2CCN(c3cc(Nc4cc(C)ccn4)ncn3)CC2)c1. The predicted molar refractivity (Wildman–Crippen MR) is 120 cm³/mol. The third-order valence-corrected chi connectivity index (χ3v) is 5.13. The van der Waals surface area contributed by atoms with Crippen LogP contribution in [0.25, 0.3) is 0 Å². The van der Waals surface area contributed by atoms with Gasteiger partial charge in [-0.25, -0.2) is 15.0 Å². The highest BCUT2D eigenvalue weighted by Crippen LogP contribution is 2.19. The van der Waals surface area contributed by atoms with Crippen LogP contribution in [0.2, 0.25) is 0 Å². The van der Waals surface area contributed by atoms with E-state index >= 15 is 0 Å². The quantitative estimate of drug-likeness (QED) is 0.659. The van der Waals surface area contributed by atoms with Crippen molar-refractivity contribution in [2.24, 2.45) is 0 Å². The van der Waals surface area contributed by atoms with Gasteiger partial charge < -0.3 is 19.9 Å². The topological polar surface area (TPSA) is 83.5 Å². The van der Waals surface area contributed by atoms with Crippen molar-refractivity contribution in [3.63, 3.8) is 0 Å². The molecule has 1 aliphatic rings. The fourth-order valence-electron chi connectivity index (χ4n) is 3.45. The molecule has 4 rings (SSSR count). The number of hydrogen-bond donors (Lipinski definition) is 1. The summed E-state index contributed by atoms with van der Waals surface area (Å²) in [5.41, 5.74) is 2.23. The van der Waals surface area contributed by atoms with Crippen LogP contribution in [0, 0.1) is 13.8 Å². The molecule has 1 saturated heterocycles. The molecule has 0 radical (unpaired) electrons. The van der Waals surface area contributed by atoms with E-state index in [2.05, 4.69) is 25.2 Å². The summed E-state index contributed by atoms with van der Waals surface area (Å²) in [5.74, 6) is 2.97. The number of nitrogens with one attached hydrogen (secondary N) is 1. The molecule has 1 fully saturated rings. The number of pyridine rings is 1. The summed E-state index contributed by atoms with van der Waals surface area (Å²) in [5, 5.41) is 3.22. The standard InChI is InChI=1S/C23H26N6O2/c1-17-4-3-5-19(12-17)31-15-23(30)29-10-8-28(9-11-29)22-14-21(25-16-26-22)27-20-13-18(2)6-7-24-20/h3-7,12-14,16H,8-11,15H2,1-2H3,(H,24,25,26,27). The predicted octanol–water partition coefficient (Wildman–Crippen LogP) is 2.96. The minimum absolute atomic E-state index is 0.00304. The molecule has 1 aliphatic heterocycles. The van der Waals surface area contributed by atoms with Crippen molar-refractivity contribution in [1.82, 2.24) is 19.9 Å². The molecule has 3 aromatic rings. The Hall–Kier alpha value is -3.68. The number of aryl methyl sites for hydroxylation is 2. The van der Waals surface area contributed by atoms with Crippen molar-refractivity contribution in [3.8, 4) is 5.75 Å². The summed E-state index contributed by atoms with van der Waals surface area (Å²) in [7, 11) is 0. The van der Waals surface area contributed by atoms with Gasteiger partial charge in [-0.1, -0.05) is 12.1 Å². The van der Waals surface area contributed by atoms with Crippen LogP contribution in [-0.2, 0) is 4.79 Å². The van der Waals surface area contributed by atoms with Gasteiger partial charge in [-0.3, -0.25) is 4.79 Å². The number of nitrogens with zero attached hydrogens (tertiary/aromatic N) is 5. The number of carbonyl (C=O) groups excluding carboxylic acids is 1. The van der Waals surface area contributed by atoms with Gasteiger partial charge in [0.2, 0.25) is 0 Å². The molecule has 0 aliphatic carbocycles. The van der Waals surface area contributed by atoms with Gasteiger partial charge in [0.05, 0.1) is 0 Å². The van der Waals surface area contributed by atoms with Gasteiger partial charge in [0.15, 0.2) is 6.61 Å². The van der Waals surface area contributed by atoms with Gasteiger partial charge in [0.25, 0.3) is 5.91 Å². The zero-order valence-electron chi connectivity index (χ0n) is 17.8. The first kappa shape index (κ1) is 20.6. The molecule has 1 N–H and O–H groups in total. The van der Waals surface area contributed by atoms with Crippen LogP contribution in [0.3, 0.4) is 0 Å². The minimum atomic E-state index is -0.00304. The Labute approximate surface area is 181 Å². The van der Waals surface area contributed by atoms with Gasteiger partial charge in [0, 0.05) is 38.4 Å². The largest absolute Gasteiger partial charge is 0.484 e. The Kier molecular flexibility index (Phi) is 6.26. The molecule has 0 unspecified atom stereocenters. The molecule has 1 aromatic carbocycles. The van der Waals surface area contributed by atoms with E-state index < -0.39 is 0 Å². The van der Waals surface area contributed by atoms with Crippen molar-refractivity contribution in [2.75, 3.05) is 43.0 Å². The Morgan fingerprint density at radius 3 is 2.52 bits per heavy atom. The average Bonchev–Trinajstić information content (AvgIpc) is 2.78. The first-order chi connectivity index (χ1) is 15.1. The summed E-state index contributed by atoms with van der Waals surface area (Å²) >= 11 is 0. The first-order valence-electron chi connectivity index (χ1n) is 10.3. The maximum atomic E-state index is 12.5. The van der Waals surface area contributed by atoms with Crippen molar-refractivity contribution in [3.05, 3.63) is 66.1 Å². The molecule has 3 heterocycles. The Morgan fingerprint density at radius 1 is 0.968 bits per heavy atom. The monoisotopic (exact) mass is 418 g/mol. The molecule has 31 heavy (non-hydrogen) atoms. The maximum absolute atomic E-state index is 12.5. The smallest absolute Gasteiger partial charge is 0.260 e. The number of carbonyl (C=O) groups is 1. The highest BCUT2D eigenvalue weighted by atomic mass is 16.5. The first-order valence-corrected chi connectivity index (χ1v) is 10.3. The van der Waals surface area contributed by atoms with Crippen molar-refractivity contribution in [2.45, 2.75) is 13.8 Å². The molecule has 0 bridgehead atoms. The van der Waals surface area contributed by atoms with E-state index in [1.54, 1.807) is 12.5 Å². The lowest BCUT2D eigenvalue weighted by atomic mass is 10.2. The number of rotatable bonds is 6. The normalized spacial score (nSPS) is 13.7. The van der Waals surface area contributed by atoms with Gasteiger partial charge in [-0.05, 0) is 49.2 Å². The van der Waals surface area contributed by atoms with Crippen molar-refractivity contribution < 1.29 is 9.53 Å². The molecule has 0 spiro atoms. The summed E-state index contributed by atoms with van der Waals surface area (Å²) < 4.78 is 5.65. The van der Waals surface area contributed by atoms with Gasteiger partial charge >= 0.3 is 0 Å². The number of piperazine rings is 1. The van der Waals surface area contributed by atoms with E-state index in [-0.39, 0.29) is 12.5 Å². The van der Waals surface area contributed by atoms with E-state index in [4.69, 9.17) is 4.74 Å². The lowest BCUT2D eigenvalue weighted by Gasteiger charge is -2.35. The molecule has 0 saturated carbocycles. The van der Waals surface area contributed by atoms with E-state index in [9.17, 15) is 4.79 Å². The van der Waals surface area contributed by atoms with Gasteiger partial charge in [-0.15, -0.1) is 0 Å². The Bertz CT molecular complexity index is 1050. The second kappa shape index (κ2) is 9.42. The molecule has 160 valence electrons. The number of amides is 1. The van der Waals surface area contributed by atoms with Crippen LogP contribution in [0.4, 0.5) is 17.5 Å². The lowest BCUT2D eigenvalue weighted by Crippen LogP contribution is -2.50. The molecule has 8 nitrogen and oxygen atoms in total. The van der Waals surface area contributed by atoms with Crippen molar-refractivity contribution in [1.29, 1.82) is 0 Å². The van der Waals surface area contributed by atoms with E-state index in [1.165, 1.54) is 0 Å². The van der Waals surface area contributed by atoms with E-state index in [0.717, 1.165) is 28.5 Å². The molecule has 0 atom stereocenters. The highest BCUT2D eigenvalue weighted by molar-refractivity contribution is 5.78. The highest BCUT2D eigenvalue weighted by Gasteiger charge is 2.22. The second-order valence-corrected chi connectivity index (χ2v) is 7.58. The fraction of sp³-hybridized carbons (Fsp3) is 0.304. The average molecular weight is 419 g/mol. The number of aromatic nitrogens is 3. The molecule has 2 aromatic heterocycles. The van der Waals surface area contributed by atoms with Crippen LogP contribution in [0.5, 0.6) is 5.75 Å². The second-order valence-electron chi connectivity index (χ2n) is 7.58. The van der Waals surface area contributed by atoms with Crippen LogP contribution < -0.4 is 15.0 Å². The summed E-state index contributed by atoms with van der Waals surface area (Å²) in [4.78, 5) is 29.5. The Balaban J connectivity index is 1.30. The zero-order chi connectivity index (χ0) is 21.6. The third kappa shape index (κ3) is 5.48. The van der Waals surface area contributed by atoms with Crippen LogP contribution >= 0.6 is 0 Å². The number of benzene rings is 1. The van der Waals surface area contributed by atoms with Crippen molar-refractivity contribution >= 4 is 23.4 Å². The Morgan fingerprint density at radius 2 is 1.74 bits per heavy atom. The van der Waals surface area contributed by atoms with E-state index in [1.807, 2.05) is 61.2 Å². The molecule has 1 amide bonds. The molecular weight excluding hydrogens is 392 g/mol.